The second-order valence-corrected chi connectivity index (χ2v) is 2.60. The summed E-state index contributed by atoms with van der Waals surface area (Å²) in [5.74, 6) is 0.155. The van der Waals surface area contributed by atoms with Crippen LogP contribution in [0.4, 0.5) is 0 Å². The minimum absolute atomic E-state index is 0.0162. The molecule has 0 bridgehead atoms. The lowest BCUT2D eigenvalue weighted by molar-refractivity contribution is -0.119. The van der Waals surface area contributed by atoms with Gasteiger partial charge in [0.25, 0.3) is 0 Å². The Labute approximate surface area is 60.3 Å². The van der Waals surface area contributed by atoms with Gasteiger partial charge >= 0.3 is 0 Å². The zero-order chi connectivity index (χ0) is 7.56. The number of ketones is 1. The summed E-state index contributed by atoms with van der Waals surface area (Å²) in [6.45, 7) is 3.81. The van der Waals surface area contributed by atoms with Gasteiger partial charge in [-0.15, -0.1) is 0 Å². The Kier molecular flexibility index (Phi) is 2.40. The molecule has 1 fully saturated rings. The predicted molar refractivity (Wildman–Crippen MR) is 35.6 cm³/mol. The molecule has 0 aromatic carbocycles. The molecule has 0 saturated carbocycles. The van der Waals surface area contributed by atoms with E-state index in [9.17, 15) is 4.79 Å². The van der Waals surface area contributed by atoms with Crippen molar-refractivity contribution in [1.29, 1.82) is 0 Å². The third-order valence-corrected chi connectivity index (χ3v) is 1.63. The van der Waals surface area contributed by atoms with E-state index >= 15 is 0 Å². The van der Waals surface area contributed by atoms with Crippen molar-refractivity contribution in [3.05, 3.63) is 0 Å². The van der Waals surface area contributed by atoms with Crippen LogP contribution < -0.4 is 0 Å². The largest absolute Gasteiger partial charge is 0.350 e. The molecule has 0 aromatic heterocycles. The summed E-state index contributed by atoms with van der Waals surface area (Å²) in [5, 5.41) is 0. The van der Waals surface area contributed by atoms with Crippen molar-refractivity contribution in [2.75, 3.05) is 6.79 Å². The minimum atomic E-state index is -0.0162. The Hall–Kier alpha value is -0.410. The molecule has 10 heavy (non-hydrogen) atoms. The molecule has 3 nitrogen and oxygen atoms in total. The third-order valence-electron chi connectivity index (χ3n) is 1.63. The number of carbonyl (C=O) groups excluding carboxylic acids is 1. The maximum atomic E-state index is 10.6. The van der Waals surface area contributed by atoms with Crippen LogP contribution in [0.25, 0.3) is 0 Å². The van der Waals surface area contributed by atoms with Crippen LogP contribution in [0, 0.1) is 0 Å². The summed E-state index contributed by atoms with van der Waals surface area (Å²) in [6, 6.07) is 0. The van der Waals surface area contributed by atoms with Gasteiger partial charge in [-0.05, 0) is 13.8 Å². The molecule has 0 unspecified atom stereocenters. The SMILES string of the molecule is CC(=O)C[C@H]1OCO[C@@H]1C. The summed E-state index contributed by atoms with van der Waals surface area (Å²) >= 11 is 0. The fraction of sp³-hybridized carbons (Fsp3) is 0.857. The zero-order valence-corrected chi connectivity index (χ0v) is 6.29. The third kappa shape index (κ3) is 1.78. The van der Waals surface area contributed by atoms with Crippen LogP contribution in [-0.4, -0.2) is 24.8 Å². The molecule has 0 aliphatic carbocycles. The van der Waals surface area contributed by atoms with Gasteiger partial charge in [0.15, 0.2) is 0 Å². The number of ether oxygens (including phenoxy) is 2. The van der Waals surface area contributed by atoms with Gasteiger partial charge in [-0.1, -0.05) is 0 Å². The lowest BCUT2D eigenvalue weighted by Gasteiger charge is -2.09. The smallest absolute Gasteiger partial charge is 0.147 e. The summed E-state index contributed by atoms with van der Waals surface area (Å²) in [6.07, 6.45) is 0.530. The van der Waals surface area contributed by atoms with Crippen LogP contribution in [-0.2, 0) is 14.3 Å². The monoisotopic (exact) mass is 144 g/mol. The van der Waals surface area contributed by atoms with Crippen LogP contribution in [0.1, 0.15) is 20.3 Å². The second kappa shape index (κ2) is 3.12. The highest BCUT2D eigenvalue weighted by Gasteiger charge is 2.25. The molecule has 0 amide bonds. The number of Topliss-reactive ketones (excluding diaryl/α,β-unsaturated/α-hetero) is 1. The van der Waals surface area contributed by atoms with Crippen molar-refractivity contribution in [3.63, 3.8) is 0 Å². The van der Waals surface area contributed by atoms with Gasteiger partial charge in [0.05, 0.1) is 12.2 Å². The molecule has 0 spiro atoms. The van der Waals surface area contributed by atoms with Crippen molar-refractivity contribution < 1.29 is 14.3 Å². The molecule has 3 heteroatoms. The van der Waals surface area contributed by atoms with Crippen molar-refractivity contribution in [2.24, 2.45) is 0 Å². The molecule has 1 aliphatic rings. The van der Waals surface area contributed by atoms with E-state index in [4.69, 9.17) is 9.47 Å². The highest BCUT2D eigenvalue weighted by atomic mass is 16.7. The summed E-state index contributed by atoms with van der Waals surface area (Å²) in [5.41, 5.74) is 0. The van der Waals surface area contributed by atoms with E-state index in [2.05, 4.69) is 0 Å². The van der Waals surface area contributed by atoms with E-state index < -0.39 is 0 Å². The first kappa shape index (κ1) is 7.69. The highest BCUT2D eigenvalue weighted by molar-refractivity contribution is 5.76. The van der Waals surface area contributed by atoms with E-state index in [1.54, 1.807) is 6.92 Å². The summed E-state index contributed by atoms with van der Waals surface area (Å²) in [4.78, 5) is 10.6. The Morgan fingerprint density at radius 3 is 2.70 bits per heavy atom. The molecule has 0 radical (unpaired) electrons. The van der Waals surface area contributed by atoms with Gasteiger partial charge in [-0.2, -0.15) is 0 Å². The second-order valence-electron chi connectivity index (χ2n) is 2.60. The fourth-order valence-corrected chi connectivity index (χ4v) is 0.985. The van der Waals surface area contributed by atoms with Crippen molar-refractivity contribution in [1.82, 2.24) is 0 Å². The Morgan fingerprint density at radius 2 is 2.30 bits per heavy atom. The van der Waals surface area contributed by atoms with Crippen LogP contribution in [0.3, 0.4) is 0 Å². The summed E-state index contributed by atoms with van der Waals surface area (Å²) in [7, 11) is 0. The van der Waals surface area contributed by atoms with Crippen molar-refractivity contribution in [3.8, 4) is 0 Å². The maximum Gasteiger partial charge on any atom is 0.147 e. The molecule has 1 rings (SSSR count). The van der Waals surface area contributed by atoms with Gasteiger partial charge in [-0.25, -0.2) is 0 Å². The molecule has 2 atom stereocenters. The van der Waals surface area contributed by atoms with Gasteiger partial charge in [-0.3, -0.25) is 4.79 Å². The molecule has 1 heterocycles. The van der Waals surface area contributed by atoms with E-state index in [0.29, 0.717) is 13.2 Å². The van der Waals surface area contributed by atoms with Crippen molar-refractivity contribution in [2.45, 2.75) is 32.5 Å². The maximum absolute atomic E-state index is 10.6. The zero-order valence-electron chi connectivity index (χ0n) is 6.29. The highest BCUT2D eigenvalue weighted by Crippen LogP contribution is 2.15. The van der Waals surface area contributed by atoms with Crippen LogP contribution in [0.15, 0.2) is 0 Å². The Morgan fingerprint density at radius 1 is 1.60 bits per heavy atom. The predicted octanol–water partition coefficient (Wildman–Crippen LogP) is 0.727. The van der Waals surface area contributed by atoms with E-state index in [1.165, 1.54) is 0 Å². The van der Waals surface area contributed by atoms with E-state index in [-0.39, 0.29) is 18.0 Å². The topological polar surface area (TPSA) is 35.5 Å². The van der Waals surface area contributed by atoms with Gasteiger partial charge < -0.3 is 9.47 Å². The molecule has 0 aromatic rings. The minimum Gasteiger partial charge on any atom is -0.350 e. The van der Waals surface area contributed by atoms with Gasteiger partial charge in [0.2, 0.25) is 0 Å². The van der Waals surface area contributed by atoms with Crippen molar-refractivity contribution >= 4 is 5.78 Å². The first-order chi connectivity index (χ1) is 4.70. The summed E-state index contributed by atoms with van der Waals surface area (Å²) < 4.78 is 10.2. The molecular formula is C7H12O3. The molecule has 1 aliphatic heterocycles. The number of rotatable bonds is 2. The fourth-order valence-electron chi connectivity index (χ4n) is 0.985. The van der Waals surface area contributed by atoms with Crippen LogP contribution >= 0.6 is 0 Å². The standard InChI is InChI=1S/C7H12O3/c1-5(8)3-7-6(2)9-4-10-7/h6-7H,3-4H2,1-2H3/t6-,7-/m1/s1. The lowest BCUT2D eigenvalue weighted by atomic mass is 10.1. The van der Waals surface area contributed by atoms with Crippen LogP contribution in [0.2, 0.25) is 0 Å². The first-order valence-electron chi connectivity index (χ1n) is 3.43. The molecule has 0 N–H and O–H groups in total. The first-order valence-corrected chi connectivity index (χ1v) is 3.43. The molecule has 58 valence electrons. The lowest BCUT2D eigenvalue weighted by Crippen LogP contribution is -2.21. The number of carbonyl (C=O) groups is 1. The normalized spacial score (nSPS) is 32.6. The average Bonchev–Trinajstić information content (AvgIpc) is 2.15. The average molecular weight is 144 g/mol. The van der Waals surface area contributed by atoms with E-state index in [1.807, 2.05) is 6.92 Å². The Bertz CT molecular complexity index is 133. The molecular weight excluding hydrogens is 132 g/mol. The Balaban J connectivity index is 2.33. The van der Waals surface area contributed by atoms with Gasteiger partial charge in [0, 0.05) is 6.42 Å². The van der Waals surface area contributed by atoms with Crippen LogP contribution in [0.5, 0.6) is 0 Å². The van der Waals surface area contributed by atoms with E-state index in [0.717, 1.165) is 0 Å². The van der Waals surface area contributed by atoms with Gasteiger partial charge in [0.1, 0.15) is 12.6 Å². The quantitative estimate of drug-likeness (QED) is 0.573. The number of hydrogen-bond donors (Lipinski definition) is 0. The molecule has 1 saturated heterocycles. The number of hydrogen-bond acceptors (Lipinski definition) is 3.